The summed E-state index contributed by atoms with van der Waals surface area (Å²) >= 11 is 0. The highest BCUT2D eigenvalue weighted by Gasteiger charge is 2.27. The third-order valence-electron chi connectivity index (χ3n) is 5.14. The molecule has 1 aromatic rings. The summed E-state index contributed by atoms with van der Waals surface area (Å²) in [6.45, 7) is 11.8. The maximum absolute atomic E-state index is 13.0. The normalized spacial score (nSPS) is 12.8. The van der Waals surface area contributed by atoms with Gasteiger partial charge in [0.2, 0.25) is 11.8 Å². The molecule has 6 N–H and O–H groups in total. The summed E-state index contributed by atoms with van der Waals surface area (Å²) < 4.78 is 5.21. The standard InChI is InChI=1S/C25H41N5O5/c1-15(2)21(28-17(5)6)23(32)30-20(8-7-13-27-25(26)34)22(31)29-19-11-9-18(10-12-19)14-35-24(33)16(3)4/h9-12,15-17,20-21,28H,7-8,13-14H2,1-6H3,(H,29,31)(H,30,32)(H3,26,27,34)/t20-,21+/m1/s1. The van der Waals surface area contributed by atoms with Gasteiger partial charge in [-0.1, -0.05) is 53.7 Å². The fraction of sp³-hybridized carbons (Fsp3) is 0.600. The summed E-state index contributed by atoms with van der Waals surface area (Å²) in [5.41, 5.74) is 6.44. The summed E-state index contributed by atoms with van der Waals surface area (Å²) in [5, 5.41) is 11.4. The molecular formula is C25H41N5O5. The molecule has 0 radical (unpaired) electrons. The van der Waals surface area contributed by atoms with Crippen LogP contribution in [0.3, 0.4) is 0 Å². The van der Waals surface area contributed by atoms with Gasteiger partial charge in [0.15, 0.2) is 0 Å². The highest BCUT2D eigenvalue weighted by Crippen LogP contribution is 2.13. The molecule has 0 aliphatic rings. The Labute approximate surface area is 208 Å². The Morgan fingerprint density at radius 1 is 0.943 bits per heavy atom. The van der Waals surface area contributed by atoms with E-state index in [9.17, 15) is 19.2 Å². The largest absolute Gasteiger partial charge is 0.461 e. The third-order valence-corrected chi connectivity index (χ3v) is 5.14. The van der Waals surface area contributed by atoms with E-state index in [0.717, 1.165) is 5.56 Å². The van der Waals surface area contributed by atoms with Crippen molar-refractivity contribution in [2.24, 2.45) is 17.6 Å². The monoisotopic (exact) mass is 491 g/mol. The second kappa shape index (κ2) is 15.0. The molecule has 0 spiro atoms. The number of primary amides is 1. The number of carbonyl (C=O) groups excluding carboxylic acids is 4. The second-order valence-electron chi connectivity index (χ2n) is 9.49. The first-order valence-electron chi connectivity index (χ1n) is 12.1. The highest BCUT2D eigenvalue weighted by molar-refractivity contribution is 5.97. The maximum atomic E-state index is 13.0. The second-order valence-corrected chi connectivity index (χ2v) is 9.49. The average Bonchev–Trinajstić information content (AvgIpc) is 2.77. The number of benzene rings is 1. The summed E-state index contributed by atoms with van der Waals surface area (Å²) in [5.74, 6) is -1.10. The van der Waals surface area contributed by atoms with Crippen LogP contribution in [0.5, 0.6) is 0 Å². The van der Waals surface area contributed by atoms with Gasteiger partial charge in [-0.3, -0.25) is 14.4 Å². The van der Waals surface area contributed by atoms with Gasteiger partial charge in [0.05, 0.1) is 12.0 Å². The molecule has 0 unspecified atom stereocenters. The minimum absolute atomic E-state index is 0.0231. The van der Waals surface area contributed by atoms with Crippen molar-refractivity contribution in [1.82, 2.24) is 16.0 Å². The molecule has 1 rings (SSSR count). The lowest BCUT2D eigenvalue weighted by Crippen LogP contribution is -2.54. The van der Waals surface area contributed by atoms with Crippen molar-refractivity contribution in [3.63, 3.8) is 0 Å². The molecule has 35 heavy (non-hydrogen) atoms. The van der Waals surface area contributed by atoms with Gasteiger partial charge in [0.1, 0.15) is 12.6 Å². The molecule has 0 saturated heterocycles. The maximum Gasteiger partial charge on any atom is 0.312 e. The Bertz CT molecular complexity index is 839. The summed E-state index contributed by atoms with van der Waals surface area (Å²) in [6.07, 6.45) is 0.763. The van der Waals surface area contributed by atoms with Crippen molar-refractivity contribution in [2.75, 3.05) is 11.9 Å². The third kappa shape index (κ3) is 11.7. The van der Waals surface area contributed by atoms with Crippen LogP contribution >= 0.6 is 0 Å². The Morgan fingerprint density at radius 2 is 1.57 bits per heavy atom. The zero-order valence-electron chi connectivity index (χ0n) is 21.6. The molecule has 10 heteroatoms. The number of rotatable bonds is 14. The van der Waals surface area contributed by atoms with Crippen molar-refractivity contribution in [3.05, 3.63) is 29.8 Å². The van der Waals surface area contributed by atoms with Crippen molar-refractivity contribution in [3.8, 4) is 0 Å². The van der Waals surface area contributed by atoms with Gasteiger partial charge in [-0.15, -0.1) is 0 Å². The number of amides is 4. The molecule has 2 atom stereocenters. The van der Waals surface area contributed by atoms with Crippen molar-refractivity contribution in [1.29, 1.82) is 0 Å². The van der Waals surface area contributed by atoms with E-state index in [1.807, 2.05) is 27.7 Å². The quantitative estimate of drug-likeness (QED) is 0.199. The first-order chi connectivity index (χ1) is 16.4. The van der Waals surface area contributed by atoms with E-state index < -0.39 is 18.1 Å². The number of ether oxygens (including phenoxy) is 1. The Morgan fingerprint density at radius 3 is 2.09 bits per heavy atom. The molecule has 10 nitrogen and oxygen atoms in total. The van der Waals surface area contributed by atoms with Gasteiger partial charge < -0.3 is 31.7 Å². The minimum Gasteiger partial charge on any atom is -0.461 e. The average molecular weight is 492 g/mol. The van der Waals surface area contributed by atoms with E-state index in [-0.39, 0.29) is 48.8 Å². The lowest BCUT2D eigenvalue weighted by molar-refractivity contribution is -0.148. The van der Waals surface area contributed by atoms with Gasteiger partial charge in [-0.2, -0.15) is 0 Å². The van der Waals surface area contributed by atoms with Crippen LogP contribution in [0.25, 0.3) is 0 Å². The zero-order chi connectivity index (χ0) is 26.5. The number of esters is 1. The van der Waals surface area contributed by atoms with E-state index in [1.54, 1.807) is 38.1 Å². The summed E-state index contributed by atoms with van der Waals surface area (Å²) in [6, 6.07) is 5.13. The van der Waals surface area contributed by atoms with Gasteiger partial charge in [-0.25, -0.2) is 4.79 Å². The Kier molecular flexibility index (Phi) is 12.8. The predicted molar refractivity (Wildman–Crippen MR) is 135 cm³/mol. The van der Waals surface area contributed by atoms with Crippen LogP contribution in [0.15, 0.2) is 24.3 Å². The fourth-order valence-corrected chi connectivity index (χ4v) is 3.21. The molecule has 0 bridgehead atoms. The summed E-state index contributed by atoms with van der Waals surface area (Å²) in [4.78, 5) is 48.6. The van der Waals surface area contributed by atoms with E-state index in [4.69, 9.17) is 10.5 Å². The number of nitrogens with two attached hydrogens (primary N) is 1. The van der Waals surface area contributed by atoms with Crippen molar-refractivity contribution >= 4 is 29.5 Å². The number of nitrogens with one attached hydrogen (secondary N) is 4. The van der Waals surface area contributed by atoms with Gasteiger partial charge in [0.25, 0.3) is 0 Å². The van der Waals surface area contributed by atoms with E-state index in [1.165, 1.54) is 0 Å². The molecule has 0 saturated carbocycles. The molecule has 0 heterocycles. The van der Waals surface area contributed by atoms with Gasteiger partial charge >= 0.3 is 12.0 Å². The summed E-state index contributed by atoms with van der Waals surface area (Å²) in [7, 11) is 0. The SMILES string of the molecule is CC(C)N[C@H](C(=O)N[C@H](CCCNC(N)=O)C(=O)Nc1ccc(COC(=O)C(C)C)cc1)C(C)C. The highest BCUT2D eigenvalue weighted by atomic mass is 16.5. The van der Waals surface area contributed by atoms with Crippen LogP contribution in [-0.2, 0) is 25.7 Å². The molecular weight excluding hydrogens is 450 g/mol. The molecule has 1 aromatic carbocycles. The minimum atomic E-state index is -0.806. The number of anilines is 1. The van der Waals surface area contributed by atoms with Crippen LogP contribution < -0.4 is 27.0 Å². The topological polar surface area (TPSA) is 152 Å². The van der Waals surface area contributed by atoms with Crippen LogP contribution in [-0.4, -0.2) is 48.5 Å². The Hall–Kier alpha value is -3.14. The smallest absolute Gasteiger partial charge is 0.312 e. The Balaban J connectivity index is 2.85. The fourth-order valence-electron chi connectivity index (χ4n) is 3.21. The van der Waals surface area contributed by atoms with E-state index in [2.05, 4.69) is 21.3 Å². The van der Waals surface area contributed by atoms with Crippen LogP contribution in [0.2, 0.25) is 0 Å². The predicted octanol–water partition coefficient (Wildman–Crippen LogP) is 2.28. The number of hydrogen-bond acceptors (Lipinski definition) is 6. The van der Waals surface area contributed by atoms with Crippen molar-refractivity contribution in [2.45, 2.75) is 79.1 Å². The first kappa shape index (κ1) is 29.9. The lowest BCUT2D eigenvalue weighted by Gasteiger charge is -2.27. The van der Waals surface area contributed by atoms with Crippen LogP contribution in [0.1, 0.15) is 59.9 Å². The molecule has 196 valence electrons. The molecule has 4 amide bonds. The number of hydrogen-bond donors (Lipinski definition) is 5. The first-order valence-corrected chi connectivity index (χ1v) is 12.1. The number of carbonyl (C=O) groups is 4. The molecule has 0 fully saturated rings. The van der Waals surface area contributed by atoms with E-state index in [0.29, 0.717) is 18.5 Å². The molecule has 0 aromatic heterocycles. The molecule has 0 aliphatic heterocycles. The van der Waals surface area contributed by atoms with E-state index >= 15 is 0 Å². The van der Waals surface area contributed by atoms with Crippen LogP contribution in [0.4, 0.5) is 10.5 Å². The van der Waals surface area contributed by atoms with Gasteiger partial charge in [-0.05, 0) is 36.5 Å². The van der Waals surface area contributed by atoms with Crippen molar-refractivity contribution < 1.29 is 23.9 Å². The molecule has 0 aliphatic carbocycles. The number of urea groups is 1. The zero-order valence-corrected chi connectivity index (χ0v) is 21.6. The van der Waals surface area contributed by atoms with Gasteiger partial charge in [0, 0.05) is 18.3 Å². The van der Waals surface area contributed by atoms with Crippen LogP contribution in [0, 0.1) is 11.8 Å². The lowest BCUT2D eigenvalue weighted by atomic mass is 10.0.